The maximum absolute atomic E-state index is 5.16. The smallest absolute Gasteiger partial charge is 0.125 e. The highest BCUT2D eigenvalue weighted by Gasteiger charge is 2.25. The van der Waals surface area contributed by atoms with Crippen molar-refractivity contribution < 1.29 is 0 Å². The molecule has 0 aliphatic heterocycles. The number of benzene rings is 1. The van der Waals surface area contributed by atoms with Crippen LogP contribution in [0.15, 0.2) is 47.8 Å². The molecule has 1 aromatic carbocycles. The van der Waals surface area contributed by atoms with Crippen molar-refractivity contribution in [3.05, 3.63) is 63.8 Å². The summed E-state index contributed by atoms with van der Waals surface area (Å²) in [5.41, 5.74) is 6.74. The van der Waals surface area contributed by atoms with E-state index >= 15 is 0 Å². The minimum Gasteiger partial charge on any atom is -0.236 e. The lowest BCUT2D eigenvalue weighted by molar-refractivity contribution is 0.509. The molecule has 0 spiro atoms. The summed E-state index contributed by atoms with van der Waals surface area (Å²) in [5, 5.41) is 3.56. The number of aryl methyl sites for hydroxylation is 1. The Morgan fingerprint density at radius 2 is 1.92 bits per heavy atom. The van der Waals surface area contributed by atoms with E-state index in [-0.39, 0.29) is 0 Å². The van der Waals surface area contributed by atoms with Crippen LogP contribution in [-0.4, -0.2) is 4.98 Å². The normalized spacial score (nSPS) is 16.8. The fourth-order valence-electron chi connectivity index (χ4n) is 4.18. The van der Waals surface area contributed by atoms with E-state index in [1.54, 1.807) is 21.8 Å². The van der Waals surface area contributed by atoms with Crippen LogP contribution in [0.4, 0.5) is 0 Å². The van der Waals surface area contributed by atoms with E-state index in [1.165, 1.54) is 51.0 Å². The van der Waals surface area contributed by atoms with Crippen molar-refractivity contribution in [2.75, 3.05) is 0 Å². The molecule has 26 heavy (non-hydrogen) atoms. The van der Waals surface area contributed by atoms with Gasteiger partial charge in [-0.15, -0.1) is 22.7 Å². The summed E-state index contributed by atoms with van der Waals surface area (Å²) in [7, 11) is 0. The Hall–Kier alpha value is -1.97. The number of thiophene rings is 2. The quantitative estimate of drug-likeness (QED) is 0.363. The second kappa shape index (κ2) is 6.33. The SMILES string of the molecule is Cc1c(-c2cccs2)nc2sc3c(c2c1-c1ccccc1)CCC(C)C3. The van der Waals surface area contributed by atoms with Crippen LogP contribution >= 0.6 is 22.7 Å². The number of nitrogens with zero attached hydrogens (tertiary/aromatic N) is 1. The monoisotopic (exact) mass is 375 g/mol. The molecule has 1 nitrogen and oxygen atoms in total. The Balaban J connectivity index is 1.87. The van der Waals surface area contributed by atoms with Gasteiger partial charge in [-0.25, -0.2) is 4.98 Å². The van der Waals surface area contributed by atoms with Crippen molar-refractivity contribution in [1.82, 2.24) is 4.98 Å². The Labute approximate surface area is 162 Å². The first-order valence-electron chi connectivity index (χ1n) is 9.26. The number of hydrogen-bond acceptors (Lipinski definition) is 3. The minimum atomic E-state index is 0.786. The Morgan fingerprint density at radius 1 is 1.08 bits per heavy atom. The van der Waals surface area contributed by atoms with Gasteiger partial charge in [0.1, 0.15) is 4.83 Å². The second-order valence-corrected chi connectivity index (χ2v) is 9.37. The van der Waals surface area contributed by atoms with Crippen LogP contribution in [0.3, 0.4) is 0 Å². The highest BCUT2D eigenvalue weighted by molar-refractivity contribution is 7.19. The lowest BCUT2D eigenvalue weighted by atomic mass is 9.86. The third-order valence-corrected chi connectivity index (χ3v) is 7.53. The molecule has 3 aromatic heterocycles. The van der Waals surface area contributed by atoms with E-state index in [9.17, 15) is 0 Å². The first kappa shape index (κ1) is 16.2. The topological polar surface area (TPSA) is 12.9 Å². The maximum Gasteiger partial charge on any atom is 0.125 e. The summed E-state index contributed by atoms with van der Waals surface area (Å²) < 4.78 is 0. The molecule has 1 atom stereocenters. The molecule has 0 bridgehead atoms. The number of aromatic nitrogens is 1. The maximum atomic E-state index is 5.16. The molecule has 5 rings (SSSR count). The Morgan fingerprint density at radius 3 is 2.69 bits per heavy atom. The van der Waals surface area contributed by atoms with E-state index in [4.69, 9.17) is 4.98 Å². The van der Waals surface area contributed by atoms with Crippen molar-refractivity contribution in [2.24, 2.45) is 5.92 Å². The van der Waals surface area contributed by atoms with Crippen molar-refractivity contribution in [2.45, 2.75) is 33.1 Å². The van der Waals surface area contributed by atoms with Gasteiger partial charge in [-0.2, -0.15) is 0 Å². The van der Waals surface area contributed by atoms with Crippen molar-refractivity contribution >= 4 is 32.9 Å². The van der Waals surface area contributed by atoms with Gasteiger partial charge >= 0.3 is 0 Å². The van der Waals surface area contributed by atoms with Gasteiger partial charge in [-0.3, -0.25) is 0 Å². The second-order valence-electron chi connectivity index (χ2n) is 7.34. The Kier molecular flexibility index (Phi) is 3.95. The molecule has 3 heterocycles. The molecule has 0 saturated carbocycles. The van der Waals surface area contributed by atoms with Gasteiger partial charge in [0.15, 0.2) is 0 Å². The molecule has 1 aliphatic rings. The molecule has 0 radical (unpaired) electrons. The molecule has 0 saturated heterocycles. The summed E-state index contributed by atoms with van der Waals surface area (Å²) in [6, 6.07) is 15.2. The summed E-state index contributed by atoms with van der Waals surface area (Å²) in [6.45, 7) is 4.63. The van der Waals surface area contributed by atoms with E-state index in [2.05, 4.69) is 61.7 Å². The molecule has 0 fully saturated rings. The number of rotatable bonds is 2. The first-order valence-corrected chi connectivity index (χ1v) is 11.0. The first-order chi connectivity index (χ1) is 12.7. The average molecular weight is 376 g/mol. The minimum absolute atomic E-state index is 0.786. The molecule has 0 N–H and O–H groups in total. The van der Waals surface area contributed by atoms with Gasteiger partial charge in [0, 0.05) is 10.3 Å². The summed E-state index contributed by atoms with van der Waals surface area (Å²) >= 11 is 3.71. The molecule has 1 aliphatic carbocycles. The average Bonchev–Trinajstić information content (AvgIpc) is 3.29. The van der Waals surface area contributed by atoms with Crippen LogP contribution in [-0.2, 0) is 12.8 Å². The van der Waals surface area contributed by atoms with Gasteiger partial charge in [-0.1, -0.05) is 43.3 Å². The third kappa shape index (κ3) is 2.53. The van der Waals surface area contributed by atoms with Crippen LogP contribution in [0.2, 0.25) is 0 Å². The van der Waals surface area contributed by atoms with Gasteiger partial charge in [-0.05, 0) is 65.8 Å². The largest absolute Gasteiger partial charge is 0.236 e. The zero-order valence-electron chi connectivity index (χ0n) is 15.1. The predicted octanol–water partition coefficient (Wildman–Crippen LogP) is 7.13. The van der Waals surface area contributed by atoms with Crippen molar-refractivity contribution in [3.63, 3.8) is 0 Å². The number of fused-ring (bicyclic) bond motifs is 3. The zero-order chi connectivity index (χ0) is 17.7. The van der Waals surface area contributed by atoms with E-state index in [1.807, 2.05) is 11.3 Å². The van der Waals surface area contributed by atoms with Crippen molar-refractivity contribution in [1.29, 1.82) is 0 Å². The molecular weight excluding hydrogens is 354 g/mol. The predicted molar refractivity (Wildman–Crippen MR) is 114 cm³/mol. The van der Waals surface area contributed by atoms with E-state index < -0.39 is 0 Å². The van der Waals surface area contributed by atoms with Crippen LogP contribution in [0, 0.1) is 12.8 Å². The molecule has 0 amide bonds. The highest BCUT2D eigenvalue weighted by atomic mass is 32.1. The molecule has 4 aromatic rings. The summed E-state index contributed by atoms with van der Waals surface area (Å²) in [6.07, 6.45) is 3.69. The Bertz CT molecular complexity index is 1070. The number of pyridine rings is 1. The molecule has 130 valence electrons. The van der Waals surface area contributed by atoms with E-state index in [0.717, 1.165) is 11.6 Å². The van der Waals surface area contributed by atoms with Crippen molar-refractivity contribution in [3.8, 4) is 21.7 Å². The van der Waals surface area contributed by atoms with E-state index in [0.29, 0.717) is 0 Å². The molecule has 1 unspecified atom stereocenters. The highest BCUT2D eigenvalue weighted by Crippen LogP contribution is 2.45. The summed E-state index contributed by atoms with van der Waals surface area (Å²) in [4.78, 5) is 9.21. The molecular formula is C23H21NS2. The van der Waals surface area contributed by atoms with Gasteiger partial charge in [0.25, 0.3) is 0 Å². The number of hydrogen-bond donors (Lipinski definition) is 0. The zero-order valence-corrected chi connectivity index (χ0v) is 16.7. The van der Waals surface area contributed by atoms with Gasteiger partial charge < -0.3 is 0 Å². The fourth-order valence-corrected chi connectivity index (χ4v) is 6.35. The third-order valence-electron chi connectivity index (χ3n) is 5.50. The van der Waals surface area contributed by atoms with Crippen LogP contribution in [0.5, 0.6) is 0 Å². The van der Waals surface area contributed by atoms with Gasteiger partial charge in [0.05, 0.1) is 10.6 Å². The lowest BCUT2D eigenvalue weighted by Crippen LogP contribution is -2.08. The lowest BCUT2D eigenvalue weighted by Gasteiger charge is -2.19. The van der Waals surface area contributed by atoms with Crippen LogP contribution in [0.25, 0.3) is 31.9 Å². The fraction of sp³-hybridized carbons (Fsp3) is 0.261. The molecule has 3 heteroatoms. The van der Waals surface area contributed by atoms with Gasteiger partial charge in [0.2, 0.25) is 0 Å². The summed E-state index contributed by atoms with van der Waals surface area (Å²) in [5.74, 6) is 0.786. The van der Waals surface area contributed by atoms with Crippen LogP contribution in [0.1, 0.15) is 29.3 Å². The van der Waals surface area contributed by atoms with Crippen LogP contribution < -0.4 is 0 Å². The standard InChI is InChI=1S/C23H21NS2/c1-14-10-11-17-19(13-14)26-23-21(17)20(16-7-4-3-5-8-16)15(2)22(24-23)18-9-6-12-25-18/h3-9,12,14H,10-11,13H2,1-2H3.